The van der Waals surface area contributed by atoms with Gasteiger partial charge >= 0.3 is 0 Å². The molecular weight excluding hydrogens is 348 g/mol. The molecule has 0 bridgehead atoms. The summed E-state index contributed by atoms with van der Waals surface area (Å²) in [5.41, 5.74) is 2.19. The average molecular weight is 369 g/mol. The lowest BCUT2D eigenvalue weighted by atomic mass is 10.2. The molecule has 2 heterocycles. The fourth-order valence-electron chi connectivity index (χ4n) is 3.43. The van der Waals surface area contributed by atoms with Crippen molar-refractivity contribution in [1.82, 2.24) is 14.7 Å². The Balaban J connectivity index is 1.33. The summed E-state index contributed by atoms with van der Waals surface area (Å²) in [4.78, 5) is 16.9. The number of hydrogen-bond acceptors (Lipinski definition) is 3. The van der Waals surface area contributed by atoms with E-state index in [0.717, 1.165) is 37.1 Å². The van der Waals surface area contributed by atoms with Gasteiger partial charge in [0.25, 0.3) is 0 Å². The molecule has 1 aliphatic heterocycles. The highest BCUT2D eigenvalue weighted by Crippen LogP contribution is 2.20. The smallest absolute Gasteiger partial charge is 0.224 e. The average Bonchev–Trinajstić information content (AvgIpc) is 3.09. The summed E-state index contributed by atoms with van der Waals surface area (Å²) in [6, 6.07) is 16.1. The topological polar surface area (TPSA) is 41.4 Å². The molecule has 1 aliphatic rings. The summed E-state index contributed by atoms with van der Waals surface area (Å²) in [6.45, 7) is 3.84. The van der Waals surface area contributed by atoms with Crippen LogP contribution in [0.4, 0.5) is 5.69 Å². The quantitative estimate of drug-likeness (QED) is 0.708. The number of benzene rings is 2. The number of carbonyl (C=O) groups is 1. The third-order valence-electron chi connectivity index (χ3n) is 4.90. The highest BCUT2D eigenvalue weighted by atomic mass is 35.5. The molecule has 5 nitrogen and oxygen atoms in total. The summed E-state index contributed by atoms with van der Waals surface area (Å²) < 4.78 is 1.86. The number of amides is 1. The van der Waals surface area contributed by atoms with Gasteiger partial charge in [-0.15, -0.1) is 0 Å². The van der Waals surface area contributed by atoms with Crippen LogP contribution in [0.2, 0.25) is 5.02 Å². The number of aryl methyl sites for hydroxylation is 1. The predicted octanol–water partition coefficient (Wildman–Crippen LogP) is 3.43. The van der Waals surface area contributed by atoms with Crippen LogP contribution < -0.4 is 4.90 Å². The zero-order valence-electron chi connectivity index (χ0n) is 14.5. The first-order chi connectivity index (χ1) is 12.7. The van der Waals surface area contributed by atoms with Gasteiger partial charge in [-0.1, -0.05) is 29.8 Å². The third kappa shape index (κ3) is 3.53. The molecule has 1 amide bonds. The second-order valence-corrected chi connectivity index (χ2v) is 6.96. The summed E-state index contributed by atoms with van der Waals surface area (Å²) in [6.07, 6.45) is 2.27. The van der Waals surface area contributed by atoms with Crippen molar-refractivity contribution >= 4 is 34.1 Å². The normalized spacial score (nSPS) is 14.8. The number of carbonyl (C=O) groups excluding carboxylic acids is 1. The first-order valence-electron chi connectivity index (χ1n) is 8.89. The van der Waals surface area contributed by atoms with Gasteiger partial charge in [0.15, 0.2) is 0 Å². The maximum atomic E-state index is 12.6. The van der Waals surface area contributed by atoms with Crippen LogP contribution in [-0.4, -0.2) is 46.8 Å². The van der Waals surface area contributed by atoms with Crippen LogP contribution in [0.3, 0.4) is 0 Å². The summed E-state index contributed by atoms with van der Waals surface area (Å²) in [5.74, 6) is 0.184. The van der Waals surface area contributed by atoms with E-state index in [2.05, 4.69) is 22.1 Å². The Kier molecular flexibility index (Phi) is 4.80. The molecule has 1 fully saturated rings. The van der Waals surface area contributed by atoms with E-state index in [-0.39, 0.29) is 5.91 Å². The number of hydrogen-bond donors (Lipinski definition) is 0. The zero-order valence-corrected chi connectivity index (χ0v) is 15.3. The van der Waals surface area contributed by atoms with Gasteiger partial charge in [-0.3, -0.25) is 9.48 Å². The lowest BCUT2D eigenvalue weighted by molar-refractivity contribution is -0.131. The van der Waals surface area contributed by atoms with Gasteiger partial charge in [0.1, 0.15) is 0 Å². The number of rotatable bonds is 4. The molecule has 0 saturated carbocycles. The fourth-order valence-corrected chi connectivity index (χ4v) is 3.60. The van der Waals surface area contributed by atoms with Crippen molar-refractivity contribution < 1.29 is 4.79 Å². The van der Waals surface area contributed by atoms with Crippen LogP contribution in [-0.2, 0) is 11.3 Å². The number of fused-ring (bicyclic) bond motifs is 1. The fraction of sp³-hybridized carbons (Fsp3) is 0.300. The van der Waals surface area contributed by atoms with Crippen LogP contribution >= 0.6 is 11.6 Å². The SMILES string of the molecule is O=C(CCn1ncc2ccc(Cl)cc21)N1CCN(c2ccccc2)CC1. The van der Waals surface area contributed by atoms with Gasteiger partial charge in [0.05, 0.1) is 18.3 Å². The van der Waals surface area contributed by atoms with Gasteiger partial charge in [-0.05, 0) is 30.3 Å². The van der Waals surface area contributed by atoms with Gasteiger partial charge in [-0.25, -0.2) is 0 Å². The van der Waals surface area contributed by atoms with E-state index in [1.165, 1.54) is 5.69 Å². The van der Waals surface area contributed by atoms with E-state index >= 15 is 0 Å². The van der Waals surface area contributed by atoms with Crippen LogP contribution in [0, 0.1) is 0 Å². The van der Waals surface area contributed by atoms with Gasteiger partial charge in [-0.2, -0.15) is 5.10 Å². The molecule has 0 aliphatic carbocycles. The zero-order chi connectivity index (χ0) is 17.9. The summed E-state index contributed by atoms with van der Waals surface area (Å²) in [5, 5.41) is 6.11. The van der Waals surface area contributed by atoms with Crippen molar-refractivity contribution in [3.8, 4) is 0 Å². The molecule has 0 N–H and O–H groups in total. The van der Waals surface area contributed by atoms with Crippen molar-refractivity contribution in [2.75, 3.05) is 31.1 Å². The Morgan fingerprint density at radius 3 is 2.58 bits per heavy atom. The predicted molar refractivity (Wildman–Crippen MR) is 105 cm³/mol. The first kappa shape index (κ1) is 16.9. The number of piperazine rings is 1. The van der Waals surface area contributed by atoms with E-state index in [0.29, 0.717) is 18.0 Å². The first-order valence-corrected chi connectivity index (χ1v) is 9.27. The molecule has 4 rings (SSSR count). The Morgan fingerprint density at radius 1 is 1.04 bits per heavy atom. The van der Waals surface area contributed by atoms with Crippen molar-refractivity contribution in [3.05, 3.63) is 59.8 Å². The van der Waals surface area contributed by atoms with E-state index in [1.807, 2.05) is 52.2 Å². The van der Waals surface area contributed by atoms with E-state index in [9.17, 15) is 4.79 Å². The van der Waals surface area contributed by atoms with E-state index in [1.54, 1.807) is 0 Å². The standard InChI is InChI=1S/C20H21ClN4O/c21-17-7-6-16-15-22-25(19(16)14-17)9-8-20(26)24-12-10-23(11-13-24)18-4-2-1-3-5-18/h1-7,14-15H,8-13H2. The van der Waals surface area contributed by atoms with Crippen LogP contribution in [0.5, 0.6) is 0 Å². The van der Waals surface area contributed by atoms with Crippen LogP contribution in [0.15, 0.2) is 54.7 Å². The molecule has 6 heteroatoms. The number of para-hydroxylation sites is 1. The number of nitrogens with zero attached hydrogens (tertiary/aromatic N) is 4. The van der Waals surface area contributed by atoms with Crippen molar-refractivity contribution in [1.29, 1.82) is 0 Å². The van der Waals surface area contributed by atoms with Crippen molar-refractivity contribution in [2.24, 2.45) is 0 Å². The highest BCUT2D eigenvalue weighted by Gasteiger charge is 2.21. The summed E-state index contributed by atoms with van der Waals surface area (Å²) >= 11 is 6.08. The van der Waals surface area contributed by atoms with E-state index < -0.39 is 0 Å². The Morgan fingerprint density at radius 2 is 1.81 bits per heavy atom. The molecule has 3 aromatic rings. The van der Waals surface area contributed by atoms with E-state index in [4.69, 9.17) is 11.6 Å². The Labute approximate surface area is 157 Å². The molecule has 0 radical (unpaired) electrons. The monoisotopic (exact) mass is 368 g/mol. The van der Waals surface area contributed by atoms with Gasteiger partial charge in [0, 0.05) is 48.7 Å². The minimum Gasteiger partial charge on any atom is -0.368 e. The maximum Gasteiger partial charge on any atom is 0.224 e. The number of aromatic nitrogens is 2. The number of anilines is 1. The van der Waals surface area contributed by atoms with Gasteiger partial charge < -0.3 is 9.80 Å². The molecule has 0 atom stereocenters. The second-order valence-electron chi connectivity index (χ2n) is 6.52. The summed E-state index contributed by atoms with van der Waals surface area (Å²) in [7, 11) is 0. The van der Waals surface area contributed by atoms with Crippen LogP contribution in [0.25, 0.3) is 10.9 Å². The van der Waals surface area contributed by atoms with Crippen molar-refractivity contribution in [2.45, 2.75) is 13.0 Å². The molecule has 26 heavy (non-hydrogen) atoms. The highest BCUT2D eigenvalue weighted by molar-refractivity contribution is 6.31. The van der Waals surface area contributed by atoms with Crippen molar-refractivity contribution in [3.63, 3.8) is 0 Å². The molecule has 1 aromatic heterocycles. The molecule has 2 aromatic carbocycles. The second kappa shape index (κ2) is 7.38. The molecule has 1 saturated heterocycles. The minimum atomic E-state index is 0.184. The Bertz CT molecular complexity index is 901. The third-order valence-corrected chi connectivity index (χ3v) is 5.13. The molecule has 0 spiro atoms. The van der Waals surface area contributed by atoms with Crippen LogP contribution in [0.1, 0.15) is 6.42 Å². The molecule has 0 unspecified atom stereocenters. The molecular formula is C20H21ClN4O. The Hall–Kier alpha value is -2.53. The maximum absolute atomic E-state index is 12.6. The van der Waals surface area contributed by atoms with Gasteiger partial charge in [0.2, 0.25) is 5.91 Å². The number of halogens is 1. The lowest BCUT2D eigenvalue weighted by Crippen LogP contribution is -2.48. The lowest BCUT2D eigenvalue weighted by Gasteiger charge is -2.36. The largest absolute Gasteiger partial charge is 0.368 e. The minimum absolute atomic E-state index is 0.184. The molecule has 134 valence electrons.